The molecule has 0 saturated carbocycles. The first-order valence-electron chi connectivity index (χ1n) is 4.82. The van der Waals surface area contributed by atoms with Crippen LogP contribution in [0.1, 0.15) is 18.9 Å². The summed E-state index contributed by atoms with van der Waals surface area (Å²) < 4.78 is 5.91. The van der Waals surface area contributed by atoms with Gasteiger partial charge in [-0.3, -0.25) is 0 Å². The number of hydrogen-bond donors (Lipinski definition) is 2. The number of carbonyl (C=O) groups is 1. The third kappa shape index (κ3) is 2.20. The summed E-state index contributed by atoms with van der Waals surface area (Å²) in [5.74, 6) is -0.582. The summed E-state index contributed by atoms with van der Waals surface area (Å²) in [5.41, 5.74) is 4.96. The van der Waals surface area contributed by atoms with Crippen LogP contribution in [0.3, 0.4) is 0 Å². The summed E-state index contributed by atoms with van der Waals surface area (Å²) in [4.78, 5) is 11.2. The SMILES string of the molecule is CCC(N)(C(=O)O)c1cc(Br)ccc1OC. The van der Waals surface area contributed by atoms with Gasteiger partial charge < -0.3 is 15.6 Å². The second-order valence-electron chi connectivity index (χ2n) is 3.47. The van der Waals surface area contributed by atoms with Crippen molar-refractivity contribution < 1.29 is 14.6 Å². The first-order chi connectivity index (χ1) is 7.45. The van der Waals surface area contributed by atoms with Crippen molar-refractivity contribution in [2.75, 3.05) is 7.11 Å². The second kappa shape index (κ2) is 4.84. The minimum atomic E-state index is -1.42. The Morgan fingerprint density at radius 2 is 2.25 bits per heavy atom. The number of benzene rings is 1. The van der Waals surface area contributed by atoms with Crippen molar-refractivity contribution in [2.24, 2.45) is 5.73 Å². The Balaban J connectivity index is 3.39. The Morgan fingerprint density at radius 1 is 1.62 bits per heavy atom. The van der Waals surface area contributed by atoms with E-state index in [9.17, 15) is 9.90 Å². The topological polar surface area (TPSA) is 72.6 Å². The van der Waals surface area contributed by atoms with Gasteiger partial charge in [-0.15, -0.1) is 0 Å². The van der Waals surface area contributed by atoms with Crippen molar-refractivity contribution in [3.05, 3.63) is 28.2 Å². The van der Waals surface area contributed by atoms with Crippen LogP contribution in [0.5, 0.6) is 5.75 Å². The van der Waals surface area contributed by atoms with Crippen LogP contribution in [-0.2, 0) is 10.3 Å². The molecule has 1 rings (SSSR count). The largest absolute Gasteiger partial charge is 0.496 e. The Kier molecular flexibility index (Phi) is 3.93. The molecule has 0 bridgehead atoms. The molecule has 1 unspecified atom stereocenters. The zero-order chi connectivity index (χ0) is 12.3. The van der Waals surface area contributed by atoms with Gasteiger partial charge in [0.15, 0.2) is 0 Å². The number of methoxy groups -OCH3 is 1. The standard InChI is InChI=1S/C11H14BrNO3/c1-3-11(13,10(14)15)8-6-7(12)4-5-9(8)16-2/h4-6H,3,13H2,1-2H3,(H,14,15). The van der Waals surface area contributed by atoms with Gasteiger partial charge in [0.1, 0.15) is 11.3 Å². The number of nitrogens with two attached hydrogens (primary N) is 1. The van der Waals surface area contributed by atoms with Gasteiger partial charge in [-0.05, 0) is 24.6 Å². The Morgan fingerprint density at radius 3 is 2.69 bits per heavy atom. The molecule has 3 N–H and O–H groups in total. The molecule has 1 aromatic rings. The van der Waals surface area contributed by atoms with Gasteiger partial charge in [-0.1, -0.05) is 22.9 Å². The highest BCUT2D eigenvalue weighted by Crippen LogP contribution is 2.33. The lowest BCUT2D eigenvalue weighted by Crippen LogP contribution is -2.44. The molecule has 0 spiro atoms. The van der Waals surface area contributed by atoms with Gasteiger partial charge >= 0.3 is 5.97 Å². The van der Waals surface area contributed by atoms with E-state index in [4.69, 9.17) is 10.5 Å². The van der Waals surface area contributed by atoms with E-state index >= 15 is 0 Å². The maximum atomic E-state index is 11.2. The fourth-order valence-corrected chi connectivity index (χ4v) is 1.85. The molecule has 0 fully saturated rings. The highest BCUT2D eigenvalue weighted by Gasteiger charge is 2.36. The molecule has 0 heterocycles. The number of halogens is 1. The quantitative estimate of drug-likeness (QED) is 0.890. The van der Waals surface area contributed by atoms with Crippen LogP contribution in [0.15, 0.2) is 22.7 Å². The van der Waals surface area contributed by atoms with Crippen LogP contribution in [-0.4, -0.2) is 18.2 Å². The van der Waals surface area contributed by atoms with Crippen molar-refractivity contribution in [2.45, 2.75) is 18.9 Å². The lowest BCUT2D eigenvalue weighted by molar-refractivity contribution is -0.144. The molecular weight excluding hydrogens is 274 g/mol. The maximum absolute atomic E-state index is 11.2. The predicted molar refractivity (Wildman–Crippen MR) is 64.5 cm³/mol. The van der Waals surface area contributed by atoms with Crippen molar-refractivity contribution in [3.8, 4) is 5.75 Å². The van der Waals surface area contributed by atoms with Gasteiger partial charge in [0.05, 0.1) is 7.11 Å². The zero-order valence-electron chi connectivity index (χ0n) is 9.16. The van der Waals surface area contributed by atoms with Crippen LogP contribution >= 0.6 is 15.9 Å². The lowest BCUT2D eigenvalue weighted by Gasteiger charge is -2.25. The lowest BCUT2D eigenvalue weighted by atomic mass is 9.88. The number of ether oxygens (including phenoxy) is 1. The van der Waals surface area contributed by atoms with Crippen LogP contribution in [0.25, 0.3) is 0 Å². The first-order valence-corrected chi connectivity index (χ1v) is 5.61. The molecular formula is C11H14BrNO3. The Labute approximate surface area is 103 Å². The summed E-state index contributed by atoms with van der Waals surface area (Å²) in [6, 6.07) is 5.15. The molecule has 0 aromatic heterocycles. The third-order valence-corrected chi connectivity index (χ3v) is 3.07. The summed E-state index contributed by atoms with van der Waals surface area (Å²) >= 11 is 3.29. The normalized spacial score (nSPS) is 14.2. The van der Waals surface area contributed by atoms with E-state index in [1.807, 2.05) is 0 Å². The monoisotopic (exact) mass is 287 g/mol. The molecule has 16 heavy (non-hydrogen) atoms. The summed E-state index contributed by atoms with van der Waals surface area (Å²) in [6.45, 7) is 1.73. The number of rotatable bonds is 4. The maximum Gasteiger partial charge on any atom is 0.328 e. The van der Waals surface area contributed by atoms with Gasteiger partial charge in [0.25, 0.3) is 0 Å². The molecule has 0 aliphatic carbocycles. The van der Waals surface area contributed by atoms with Crippen molar-refractivity contribution in [1.82, 2.24) is 0 Å². The van der Waals surface area contributed by atoms with Crippen molar-refractivity contribution in [1.29, 1.82) is 0 Å². The molecule has 4 nitrogen and oxygen atoms in total. The van der Waals surface area contributed by atoms with E-state index in [2.05, 4.69) is 15.9 Å². The van der Waals surface area contributed by atoms with Crippen LogP contribution in [0.2, 0.25) is 0 Å². The van der Waals surface area contributed by atoms with E-state index in [1.165, 1.54) is 7.11 Å². The molecule has 0 aliphatic rings. The van der Waals surface area contributed by atoms with Crippen LogP contribution < -0.4 is 10.5 Å². The summed E-state index contributed by atoms with van der Waals surface area (Å²) in [6.07, 6.45) is 0.287. The molecule has 88 valence electrons. The third-order valence-electron chi connectivity index (χ3n) is 2.58. The van der Waals surface area contributed by atoms with Crippen molar-refractivity contribution >= 4 is 21.9 Å². The second-order valence-corrected chi connectivity index (χ2v) is 4.39. The molecule has 0 saturated heterocycles. The van der Waals surface area contributed by atoms with Gasteiger partial charge in [0.2, 0.25) is 0 Å². The number of carboxylic acid groups (broad SMARTS) is 1. The Bertz CT molecular complexity index is 408. The van der Waals surface area contributed by atoms with Gasteiger partial charge in [0, 0.05) is 10.0 Å². The molecule has 0 amide bonds. The Hall–Kier alpha value is -1.07. The molecule has 1 atom stereocenters. The van der Waals surface area contributed by atoms with E-state index in [-0.39, 0.29) is 6.42 Å². The smallest absolute Gasteiger partial charge is 0.328 e. The number of carboxylic acids is 1. The fraction of sp³-hybridized carbons (Fsp3) is 0.364. The summed E-state index contributed by atoms with van der Waals surface area (Å²) in [5, 5.41) is 9.20. The summed E-state index contributed by atoms with van der Waals surface area (Å²) in [7, 11) is 1.49. The fourth-order valence-electron chi connectivity index (χ4n) is 1.49. The molecule has 1 aromatic carbocycles. The number of aliphatic carboxylic acids is 1. The van der Waals surface area contributed by atoms with Gasteiger partial charge in [-0.2, -0.15) is 0 Å². The average Bonchev–Trinajstić information content (AvgIpc) is 2.27. The van der Waals surface area contributed by atoms with E-state index in [0.29, 0.717) is 11.3 Å². The van der Waals surface area contributed by atoms with Crippen LogP contribution in [0, 0.1) is 0 Å². The van der Waals surface area contributed by atoms with E-state index in [0.717, 1.165) is 4.47 Å². The van der Waals surface area contributed by atoms with E-state index < -0.39 is 11.5 Å². The average molecular weight is 288 g/mol. The van der Waals surface area contributed by atoms with Crippen molar-refractivity contribution in [3.63, 3.8) is 0 Å². The molecule has 0 aliphatic heterocycles. The van der Waals surface area contributed by atoms with Gasteiger partial charge in [-0.25, -0.2) is 4.79 Å². The minimum Gasteiger partial charge on any atom is -0.496 e. The predicted octanol–water partition coefficient (Wildman–Crippen LogP) is 2.11. The molecule has 0 radical (unpaired) electrons. The molecule has 5 heteroatoms. The first kappa shape index (κ1) is 13.0. The highest BCUT2D eigenvalue weighted by atomic mass is 79.9. The number of hydrogen-bond acceptors (Lipinski definition) is 3. The van der Waals surface area contributed by atoms with E-state index in [1.54, 1.807) is 25.1 Å². The zero-order valence-corrected chi connectivity index (χ0v) is 10.7. The minimum absolute atomic E-state index is 0.287. The highest BCUT2D eigenvalue weighted by molar-refractivity contribution is 9.10. The van der Waals surface area contributed by atoms with Crippen LogP contribution in [0.4, 0.5) is 0 Å².